The van der Waals surface area contributed by atoms with Crippen LogP contribution in [0.2, 0.25) is 0 Å². The minimum Gasteiger partial charge on any atom is -0.229 e. The molecule has 29 heavy (non-hydrogen) atoms. The van der Waals surface area contributed by atoms with Crippen LogP contribution in [0.1, 0.15) is 30.5 Å². The van der Waals surface area contributed by atoms with Crippen molar-refractivity contribution in [3.05, 3.63) is 65.7 Å². The first-order valence-corrected chi connectivity index (χ1v) is 8.34. The zero-order valence-corrected chi connectivity index (χ0v) is 15.4. The smallest absolute Gasteiger partial charge is 0.229 e. The molecule has 0 nitrogen and oxygen atoms in total. The molecule has 1 radical (unpaired) electrons. The van der Waals surface area contributed by atoms with E-state index in [0.29, 0.717) is 5.46 Å². The summed E-state index contributed by atoms with van der Waals surface area (Å²) in [6.45, 7) is 3.92. The lowest BCUT2D eigenvalue weighted by atomic mass is 9.62. The monoisotopic (exact) mass is 419 g/mol. The molecule has 2 rings (SSSR count). The molecule has 0 amide bonds. The maximum Gasteiger partial charge on any atom is 0.426 e. The van der Waals surface area contributed by atoms with Gasteiger partial charge in [0.25, 0.3) is 0 Å². The first-order valence-electron chi connectivity index (χ1n) is 8.34. The molecule has 2 atom stereocenters. The topological polar surface area (TPSA) is 0 Å². The minimum absolute atomic E-state index is 0.179. The number of rotatable bonds is 5. The summed E-state index contributed by atoms with van der Waals surface area (Å²) in [4.78, 5) is 0. The Hall–Kier alpha value is -2.32. The fraction of sp³-hybridized carbons (Fsp3) is 0.300. The van der Waals surface area contributed by atoms with Crippen LogP contribution in [0, 0.1) is 0 Å². The molecule has 0 aliphatic carbocycles. The first-order chi connectivity index (χ1) is 13.1. The zero-order chi connectivity index (χ0) is 22.3. The van der Waals surface area contributed by atoms with Gasteiger partial charge in [0.1, 0.15) is 0 Å². The van der Waals surface area contributed by atoms with E-state index < -0.39 is 34.8 Å². The lowest BCUT2D eigenvalue weighted by Crippen LogP contribution is -2.40. The Labute approximate surface area is 163 Å². The molecule has 0 aliphatic heterocycles. The van der Waals surface area contributed by atoms with Crippen LogP contribution >= 0.6 is 0 Å². The van der Waals surface area contributed by atoms with Crippen molar-refractivity contribution in [1.29, 1.82) is 0 Å². The highest BCUT2D eigenvalue weighted by Crippen LogP contribution is 2.46. The fourth-order valence-corrected chi connectivity index (χ4v) is 2.53. The quantitative estimate of drug-likeness (QED) is 0.445. The number of benzene rings is 2. The van der Waals surface area contributed by atoms with E-state index in [-0.39, 0.29) is 25.4 Å². The van der Waals surface area contributed by atoms with Crippen molar-refractivity contribution in [3.63, 3.8) is 0 Å². The predicted octanol–water partition coefficient (Wildman–Crippen LogP) is 5.48. The van der Waals surface area contributed by atoms with Gasteiger partial charge in [-0.15, -0.1) is 0 Å². The Morgan fingerprint density at radius 2 is 1.10 bits per heavy atom. The van der Waals surface area contributed by atoms with E-state index in [9.17, 15) is 35.1 Å². The fourth-order valence-electron chi connectivity index (χ4n) is 2.53. The summed E-state index contributed by atoms with van der Waals surface area (Å²) in [6.07, 6.45) is -9.27. The number of halogens is 8. The number of alkyl halides is 8. The van der Waals surface area contributed by atoms with Crippen molar-refractivity contribution >= 4 is 24.3 Å². The van der Waals surface area contributed by atoms with Gasteiger partial charge in [0.15, 0.2) is 7.28 Å². The van der Waals surface area contributed by atoms with Gasteiger partial charge >= 0.3 is 12.4 Å². The van der Waals surface area contributed by atoms with E-state index in [2.05, 4.69) is 6.58 Å². The Morgan fingerprint density at radius 3 is 1.45 bits per heavy atom. The Bertz CT molecular complexity index is 833. The average Bonchev–Trinajstić information content (AvgIpc) is 2.60. The maximum absolute atomic E-state index is 14.5. The third kappa shape index (κ3) is 4.65. The van der Waals surface area contributed by atoms with E-state index in [1.165, 1.54) is 13.4 Å². The molecule has 0 aromatic heterocycles. The summed E-state index contributed by atoms with van der Waals surface area (Å²) in [7, 11) is 1.23. The Balaban J connectivity index is 2.62. The van der Waals surface area contributed by atoms with Crippen LogP contribution in [0.3, 0.4) is 0 Å². The highest BCUT2D eigenvalue weighted by molar-refractivity contribution is 6.67. The molecule has 9 heteroatoms. The molecule has 2 unspecified atom stereocenters. The molecule has 0 spiro atoms. The molecule has 0 saturated carbocycles. The van der Waals surface area contributed by atoms with Crippen LogP contribution in [-0.4, -0.2) is 19.6 Å². The molecule has 2 aromatic rings. The standard InChI is InChI=1S/C20H16BF8/c1-4-12-5-7-15(8-6-12)21-16-10-13(17(2,22)19(24,25)26)9-14(11-16)18(3,23)20(27,28)29/h4-11H,1H2,2-3H3. The second-order valence-corrected chi connectivity index (χ2v) is 6.86. The summed E-state index contributed by atoms with van der Waals surface area (Å²) in [5.74, 6) is 0. The van der Waals surface area contributed by atoms with E-state index in [0.717, 1.165) is 17.7 Å². The van der Waals surface area contributed by atoms with Crippen LogP contribution in [0.25, 0.3) is 6.08 Å². The zero-order valence-electron chi connectivity index (χ0n) is 15.4. The van der Waals surface area contributed by atoms with E-state index in [1.54, 1.807) is 24.3 Å². The molecule has 0 fully saturated rings. The normalized spacial score (nSPS) is 16.6. The van der Waals surface area contributed by atoms with Gasteiger partial charge in [0.2, 0.25) is 11.3 Å². The second kappa shape index (κ2) is 7.50. The van der Waals surface area contributed by atoms with Gasteiger partial charge in [-0.3, -0.25) is 0 Å². The molecule has 0 aliphatic rings. The van der Waals surface area contributed by atoms with Gasteiger partial charge in [-0.05, 0) is 36.6 Å². The third-order valence-electron chi connectivity index (χ3n) is 4.61. The van der Waals surface area contributed by atoms with Crippen molar-refractivity contribution in [2.24, 2.45) is 0 Å². The molecule has 0 bridgehead atoms. The van der Waals surface area contributed by atoms with Crippen LogP contribution in [0.5, 0.6) is 0 Å². The van der Waals surface area contributed by atoms with Gasteiger partial charge in [0.05, 0.1) is 0 Å². The molecule has 2 aromatic carbocycles. The van der Waals surface area contributed by atoms with Crippen LogP contribution in [0.15, 0.2) is 49.0 Å². The van der Waals surface area contributed by atoms with Gasteiger partial charge in [-0.25, -0.2) is 8.78 Å². The van der Waals surface area contributed by atoms with Crippen LogP contribution in [-0.2, 0) is 11.3 Å². The largest absolute Gasteiger partial charge is 0.426 e. The van der Waals surface area contributed by atoms with Gasteiger partial charge < -0.3 is 0 Å². The Morgan fingerprint density at radius 1 is 0.690 bits per heavy atom. The van der Waals surface area contributed by atoms with E-state index in [1.807, 2.05) is 0 Å². The van der Waals surface area contributed by atoms with Crippen LogP contribution in [0.4, 0.5) is 35.1 Å². The van der Waals surface area contributed by atoms with Crippen molar-refractivity contribution in [1.82, 2.24) is 0 Å². The summed E-state index contributed by atoms with van der Waals surface area (Å²) >= 11 is 0. The Kier molecular flexibility index (Phi) is 5.94. The number of hydrogen-bond acceptors (Lipinski definition) is 0. The minimum atomic E-state index is -5.40. The van der Waals surface area contributed by atoms with Crippen molar-refractivity contribution < 1.29 is 35.1 Å². The lowest BCUT2D eigenvalue weighted by Gasteiger charge is -2.29. The molecule has 0 saturated heterocycles. The molecule has 0 N–H and O–H groups in total. The molecular formula is C20H16BF8. The SMILES string of the molecule is C=Cc1ccc([B]c2cc(C(C)(F)C(F)(F)F)cc(C(C)(F)C(F)(F)F)c2)cc1. The first kappa shape index (κ1) is 23.0. The molecule has 0 heterocycles. The summed E-state index contributed by atoms with van der Waals surface area (Å²) in [5.41, 5.74) is -9.24. The van der Waals surface area contributed by atoms with Gasteiger partial charge in [-0.1, -0.05) is 60.0 Å². The highest BCUT2D eigenvalue weighted by atomic mass is 19.4. The average molecular weight is 419 g/mol. The van der Waals surface area contributed by atoms with Gasteiger partial charge in [0, 0.05) is 0 Å². The lowest BCUT2D eigenvalue weighted by molar-refractivity contribution is -0.230. The van der Waals surface area contributed by atoms with Crippen LogP contribution < -0.4 is 10.9 Å². The maximum atomic E-state index is 14.5. The van der Waals surface area contributed by atoms with E-state index in [4.69, 9.17) is 0 Å². The van der Waals surface area contributed by atoms with Crippen molar-refractivity contribution in [2.75, 3.05) is 0 Å². The summed E-state index contributed by atoms with van der Waals surface area (Å²) in [6, 6.07) is 8.09. The van der Waals surface area contributed by atoms with Crippen molar-refractivity contribution in [3.8, 4) is 0 Å². The predicted molar refractivity (Wildman–Crippen MR) is 97.0 cm³/mol. The summed E-state index contributed by atoms with van der Waals surface area (Å²) < 4.78 is 108. The van der Waals surface area contributed by atoms with E-state index >= 15 is 0 Å². The molecular weight excluding hydrogens is 403 g/mol. The molecule has 155 valence electrons. The second-order valence-electron chi connectivity index (χ2n) is 6.86. The highest BCUT2D eigenvalue weighted by Gasteiger charge is 2.56. The van der Waals surface area contributed by atoms with Crippen molar-refractivity contribution in [2.45, 2.75) is 37.5 Å². The van der Waals surface area contributed by atoms with Gasteiger partial charge in [-0.2, -0.15) is 26.3 Å². The third-order valence-corrected chi connectivity index (χ3v) is 4.61. The number of hydrogen-bond donors (Lipinski definition) is 0. The summed E-state index contributed by atoms with van der Waals surface area (Å²) in [5, 5.41) is 0.